The Morgan fingerprint density at radius 2 is 2.26 bits per heavy atom. The van der Waals surface area contributed by atoms with Gasteiger partial charge in [-0.25, -0.2) is 4.98 Å². The van der Waals surface area contributed by atoms with Crippen LogP contribution in [0.15, 0.2) is 0 Å². The predicted octanol–water partition coefficient (Wildman–Crippen LogP) is 2.12. The smallest absolute Gasteiger partial charge is 0.185 e. The zero-order chi connectivity index (χ0) is 13.8. The van der Waals surface area contributed by atoms with Gasteiger partial charge in [-0.05, 0) is 32.4 Å². The molecule has 1 N–H and O–H groups in total. The first kappa shape index (κ1) is 14.8. The number of anilines is 1. The highest BCUT2D eigenvalue weighted by atomic mass is 32.1. The molecule has 2 heterocycles. The lowest BCUT2D eigenvalue weighted by atomic mass is 10.2. The molecule has 1 aromatic heterocycles. The standard InChI is InChI=1S/C14H25N3OS/c1-4-12-13(10-18)19-14(15-12)16(3)9-11-7-6-8-17(11)5-2/h11,18H,4-10H2,1-3H3. The van der Waals surface area contributed by atoms with Crippen molar-refractivity contribution < 1.29 is 5.11 Å². The minimum absolute atomic E-state index is 0.110. The Morgan fingerprint density at radius 3 is 2.84 bits per heavy atom. The first-order chi connectivity index (χ1) is 9.19. The quantitative estimate of drug-likeness (QED) is 0.868. The van der Waals surface area contributed by atoms with Crippen LogP contribution < -0.4 is 4.90 Å². The molecule has 0 radical (unpaired) electrons. The van der Waals surface area contributed by atoms with Crippen LogP contribution in [0.2, 0.25) is 0 Å². The highest BCUT2D eigenvalue weighted by Gasteiger charge is 2.25. The molecule has 0 bridgehead atoms. The fourth-order valence-electron chi connectivity index (χ4n) is 2.85. The van der Waals surface area contributed by atoms with Gasteiger partial charge in [0.05, 0.1) is 17.2 Å². The third kappa shape index (κ3) is 3.27. The van der Waals surface area contributed by atoms with Gasteiger partial charge in [0, 0.05) is 19.6 Å². The van der Waals surface area contributed by atoms with Crippen molar-refractivity contribution in [3.8, 4) is 0 Å². The molecule has 0 aliphatic carbocycles. The summed E-state index contributed by atoms with van der Waals surface area (Å²) in [5.74, 6) is 0. The van der Waals surface area contributed by atoms with Gasteiger partial charge < -0.3 is 10.0 Å². The van der Waals surface area contributed by atoms with Crippen LogP contribution in [0.5, 0.6) is 0 Å². The van der Waals surface area contributed by atoms with E-state index < -0.39 is 0 Å². The highest BCUT2D eigenvalue weighted by molar-refractivity contribution is 7.15. The molecule has 4 nitrogen and oxygen atoms in total. The maximum Gasteiger partial charge on any atom is 0.185 e. The molecule has 1 aliphatic rings. The topological polar surface area (TPSA) is 39.6 Å². The second-order valence-corrected chi connectivity index (χ2v) is 6.25. The number of aromatic nitrogens is 1. The van der Waals surface area contributed by atoms with Gasteiger partial charge in [-0.15, -0.1) is 0 Å². The number of aryl methyl sites for hydroxylation is 1. The van der Waals surface area contributed by atoms with Crippen LogP contribution in [-0.2, 0) is 13.0 Å². The van der Waals surface area contributed by atoms with E-state index >= 15 is 0 Å². The summed E-state index contributed by atoms with van der Waals surface area (Å²) in [6.45, 7) is 7.84. The highest BCUT2D eigenvalue weighted by Crippen LogP contribution is 2.27. The van der Waals surface area contributed by atoms with Gasteiger partial charge >= 0.3 is 0 Å². The molecule has 1 atom stereocenters. The van der Waals surface area contributed by atoms with Crippen LogP contribution in [-0.4, -0.2) is 47.7 Å². The van der Waals surface area contributed by atoms with Crippen molar-refractivity contribution in [3.05, 3.63) is 10.6 Å². The molecule has 1 saturated heterocycles. The number of hydrogen-bond donors (Lipinski definition) is 1. The van der Waals surface area contributed by atoms with Crippen LogP contribution >= 0.6 is 11.3 Å². The van der Waals surface area contributed by atoms with E-state index in [1.807, 2.05) is 0 Å². The molecule has 2 rings (SSSR count). The van der Waals surface area contributed by atoms with E-state index in [1.54, 1.807) is 11.3 Å². The van der Waals surface area contributed by atoms with Crippen molar-refractivity contribution in [3.63, 3.8) is 0 Å². The molecule has 0 amide bonds. The van der Waals surface area contributed by atoms with Crippen molar-refractivity contribution in [2.75, 3.05) is 31.6 Å². The number of nitrogens with zero attached hydrogens (tertiary/aromatic N) is 3. The molecule has 1 aliphatic heterocycles. The normalized spacial score (nSPS) is 20.1. The van der Waals surface area contributed by atoms with E-state index in [2.05, 4.69) is 35.7 Å². The Bertz CT molecular complexity index is 386. The van der Waals surface area contributed by atoms with Crippen molar-refractivity contribution in [1.82, 2.24) is 9.88 Å². The van der Waals surface area contributed by atoms with Crippen molar-refractivity contribution in [2.24, 2.45) is 0 Å². The van der Waals surface area contributed by atoms with E-state index in [0.29, 0.717) is 6.04 Å². The minimum Gasteiger partial charge on any atom is -0.391 e. The maximum absolute atomic E-state index is 9.35. The molecule has 1 fully saturated rings. The lowest BCUT2D eigenvalue weighted by Gasteiger charge is -2.27. The second kappa shape index (κ2) is 6.68. The maximum atomic E-state index is 9.35. The summed E-state index contributed by atoms with van der Waals surface area (Å²) in [4.78, 5) is 10.5. The molecule has 0 spiro atoms. The summed E-state index contributed by atoms with van der Waals surface area (Å²) in [6, 6.07) is 0.654. The summed E-state index contributed by atoms with van der Waals surface area (Å²) < 4.78 is 0. The first-order valence-corrected chi connectivity index (χ1v) is 8.05. The van der Waals surface area contributed by atoms with E-state index in [1.165, 1.54) is 19.4 Å². The zero-order valence-corrected chi connectivity index (χ0v) is 13.0. The van der Waals surface area contributed by atoms with Crippen LogP contribution in [0.25, 0.3) is 0 Å². The molecule has 19 heavy (non-hydrogen) atoms. The number of hydrogen-bond acceptors (Lipinski definition) is 5. The summed E-state index contributed by atoms with van der Waals surface area (Å²) in [6.07, 6.45) is 3.49. The van der Waals surface area contributed by atoms with Gasteiger partial charge in [0.2, 0.25) is 0 Å². The van der Waals surface area contributed by atoms with E-state index in [0.717, 1.165) is 35.2 Å². The Kier molecular flexibility index (Phi) is 5.19. The summed E-state index contributed by atoms with van der Waals surface area (Å²) in [5, 5.41) is 10.4. The number of likely N-dealkylation sites (N-methyl/N-ethyl adjacent to an activating group) is 2. The van der Waals surface area contributed by atoms with Gasteiger partial charge in [-0.3, -0.25) is 4.90 Å². The van der Waals surface area contributed by atoms with Gasteiger partial charge in [0.1, 0.15) is 0 Å². The predicted molar refractivity (Wildman–Crippen MR) is 81.0 cm³/mol. The number of aliphatic hydroxyl groups excluding tert-OH is 1. The fraction of sp³-hybridized carbons (Fsp3) is 0.786. The molecule has 5 heteroatoms. The zero-order valence-electron chi connectivity index (χ0n) is 12.2. The Labute approximate surface area is 120 Å². The second-order valence-electron chi connectivity index (χ2n) is 5.18. The average molecular weight is 283 g/mol. The number of rotatable bonds is 6. The summed E-state index contributed by atoms with van der Waals surface area (Å²) >= 11 is 1.63. The molecule has 0 aromatic carbocycles. The van der Waals surface area contributed by atoms with Gasteiger partial charge in [-0.2, -0.15) is 0 Å². The third-order valence-corrected chi connectivity index (χ3v) is 5.16. The van der Waals surface area contributed by atoms with E-state index in [9.17, 15) is 5.11 Å². The molecular formula is C14H25N3OS. The molecule has 108 valence electrons. The molecule has 1 unspecified atom stereocenters. The van der Waals surface area contributed by atoms with Crippen molar-refractivity contribution in [2.45, 2.75) is 45.8 Å². The van der Waals surface area contributed by atoms with Crippen LogP contribution in [0.3, 0.4) is 0 Å². The Balaban J connectivity index is 2.03. The van der Waals surface area contributed by atoms with Gasteiger partial charge in [0.15, 0.2) is 5.13 Å². The average Bonchev–Trinajstić information content (AvgIpc) is 3.03. The number of thiazole rings is 1. The molecule has 0 saturated carbocycles. The van der Waals surface area contributed by atoms with Crippen LogP contribution in [0.4, 0.5) is 5.13 Å². The van der Waals surface area contributed by atoms with Gasteiger partial charge in [0.25, 0.3) is 0 Å². The number of likely N-dealkylation sites (tertiary alicyclic amines) is 1. The fourth-order valence-corrected chi connectivity index (χ4v) is 3.82. The lowest BCUT2D eigenvalue weighted by molar-refractivity contribution is 0.270. The SMILES string of the molecule is CCc1nc(N(C)CC2CCCN2CC)sc1CO. The van der Waals surface area contributed by atoms with E-state index in [-0.39, 0.29) is 6.61 Å². The van der Waals surface area contributed by atoms with Crippen LogP contribution in [0, 0.1) is 0 Å². The number of aliphatic hydroxyl groups is 1. The van der Waals surface area contributed by atoms with Crippen molar-refractivity contribution in [1.29, 1.82) is 0 Å². The largest absolute Gasteiger partial charge is 0.391 e. The Morgan fingerprint density at radius 1 is 1.47 bits per heavy atom. The van der Waals surface area contributed by atoms with Crippen LogP contribution in [0.1, 0.15) is 37.3 Å². The first-order valence-electron chi connectivity index (χ1n) is 7.24. The molecular weight excluding hydrogens is 258 g/mol. The van der Waals surface area contributed by atoms with Gasteiger partial charge in [-0.1, -0.05) is 25.2 Å². The summed E-state index contributed by atoms with van der Waals surface area (Å²) in [7, 11) is 2.12. The van der Waals surface area contributed by atoms with Crippen molar-refractivity contribution >= 4 is 16.5 Å². The molecule has 1 aromatic rings. The minimum atomic E-state index is 0.110. The third-order valence-electron chi connectivity index (χ3n) is 3.96. The lowest BCUT2D eigenvalue weighted by Crippen LogP contribution is -2.38. The van der Waals surface area contributed by atoms with E-state index in [4.69, 9.17) is 0 Å². The monoisotopic (exact) mass is 283 g/mol. The summed E-state index contributed by atoms with van der Waals surface area (Å²) in [5.41, 5.74) is 1.05. The Hall–Kier alpha value is -0.650.